The van der Waals surface area contributed by atoms with Crippen LogP contribution in [-0.2, 0) is 17.7 Å². The highest BCUT2D eigenvalue weighted by Crippen LogP contribution is 2.22. The largest absolute Gasteiger partial charge is 0.379 e. The van der Waals surface area contributed by atoms with Crippen molar-refractivity contribution >= 4 is 17.4 Å². The lowest BCUT2D eigenvalue weighted by molar-refractivity contribution is 0.0374. The maximum Gasteiger partial charge on any atom is 0.137 e. The minimum atomic E-state index is 0.544. The van der Waals surface area contributed by atoms with Crippen molar-refractivity contribution in [2.75, 3.05) is 38.2 Å². The van der Waals surface area contributed by atoms with Crippen molar-refractivity contribution in [2.24, 2.45) is 0 Å². The molecule has 3 rings (SSSR count). The van der Waals surface area contributed by atoms with Crippen molar-refractivity contribution in [2.45, 2.75) is 19.4 Å². The Hall–Kier alpha value is -1.69. The van der Waals surface area contributed by atoms with Gasteiger partial charge in [-0.2, -0.15) is 0 Å². The van der Waals surface area contributed by atoms with Gasteiger partial charge in [0.15, 0.2) is 0 Å². The highest BCUT2D eigenvalue weighted by atomic mass is 35.5. The van der Waals surface area contributed by atoms with E-state index in [9.17, 15) is 0 Å². The summed E-state index contributed by atoms with van der Waals surface area (Å²) < 4.78 is 5.38. The summed E-state index contributed by atoms with van der Waals surface area (Å²) in [6.45, 7) is 5.46. The molecule has 1 aliphatic heterocycles. The highest BCUT2D eigenvalue weighted by molar-refractivity contribution is 6.30. The Labute approximate surface area is 148 Å². The zero-order valence-corrected chi connectivity index (χ0v) is 14.5. The number of benzene rings is 1. The minimum Gasteiger partial charge on any atom is -0.379 e. The Balaban J connectivity index is 1.57. The molecule has 0 bridgehead atoms. The second kappa shape index (κ2) is 8.97. The van der Waals surface area contributed by atoms with E-state index in [4.69, 9.17) is 16.3 Å². The van der Waals surface area contributed by atoms with Crippen LogP contribution < -0.4 is 5.32 Å². The van der Waals surface area contributed by atoms with Crippen molar-refractivity contribution < 1.29 is 4.74 Å². The Morgan fingerprint density at radius 3 is 2.71 bits per heavy atom. The van der Waals surface area contributed by atoms with E-state index >= 15 is 0 Å². The smallest absolute Gasteiger partial charge is 0.137 e. The molecule has 1 saturated heterocycles. The van der Waals surface area contributed by atoms with Crippen LogP contribution in [0.2, 0.25) is 5.15 Å². The predicted octanol–water partition coefficient (Wildman–Crippen LogP) is 3.01. The van der Waals surface area contributed by atoms with Gasteiger partial charge >= 0.3 is 0 Å². The fourth-order valence-electron chi connectivity index (χ4n) is 2.85. The van der Waals surface area contributed by atoms with E-state index in [-0.39, 0.29) is 0 Å². The zero-order valence-electron chi connectivity index (χ0n) is 13.7. The fraction of sp³-hybridized carbons (Fsp3) is 0.444. The van der Waals surface area contributed by atoms with E-state index in [1.54, 1.807) is 0 Å². The summed E-state index contributed by atoms with van der Waals surface area (Å²) in [5.41, 5.74) is 2.22. The monoisotopic (exact) mass is 346 g/mol. The van der Waals surface area contributed by atoms with Gasteiger partial charge in [-0.3, -0.25) is 4.90 Å². The molecule has 0 radical (unpaired) electrons. The second-order valence-corrected chi connectivity index (χ2v) is 6.25. The van der Waals surface area contributed by atoms with Gasteiger partial charge in [-0.25, -0.2) is 9.97 Å². The van der Waals surface area contributed by atoms with E-state index in [2.05, 4.69) is 32.3 Å². The first-order chi connectivity index (χ1) is 11.8. The normalized spacial score (nSPS) is 15.4. The Morgan fingerprint density at radius 2 is 1.92 bits per heavy atom. The van der Waals surface area contributed by atoms with Crippen molar-refractivity contribution in [3.05, 3.63) is 52.9 Å². The molecule has 0 saturated carbocycles. The van der Waals surface area contributed by atoms with Crippen LogP contribution >= 0.6 is 11.6 Å². The third-order valence-electron chi connectivity index (χ3n) is 4.20. The molecule has 24 heavy (non-hydrogen) atoms. The molecule has 2 heterocycles. The third-order valence-corrected chi connectivity index (χ3v) is 4.53. The van der Waals surface area contributed by atoms with E-state index in [0.29, 0.717) is 5.15 Å². The Kier molecular flexibility index (Phi) is 6.41. The molecule has 1 fully saturated rings. The van der Waals surface area contributed by atoms with Crippen LogP contribution in [0.1, 0.15) is 17.5 Å². The molecule has 0 amide bonds. The molecular formula is C18H23ClN4O. The number of ether oxygens (including phenoxy) is 1. The first-order valence-electron chi connectivity index (χ1n) is 8.40. The number of rotatable bonds is 7. The number of nitrogens with one attached hydrogen (secondary N) is 1. The average molecular weight is 347 g/mol. The summed E-state index contributed by atoms with van der Waals surface area (Å²) in [7, 11) is 0. The standard InChI is InChI=1S/C18H23ClN4O/c19-17-16(7-4-8-23-9-11-24-12-10-23)18(22-14-21-17)20-13-15-5-2-1-3-6-15/h1-3,5-6,14H,4,7-13H2,(H,20,21,22). The number of halogens is 1. The highest BCUT2D eigenvalue weighted by Gasteiger charge is 2.13. The lowest BCUT2D eigenvalue weighted by Gasteiger charge is -2.26. The van der Waals surface area contributed by atoms with Gasteiger partial charge < -0.3 is 10.1 Å². The SMILES string of the molecule is Clc1ncnc(NCc2ccccc2)c1CCCN1CCOCC1. The Bertz CT molecular complexity index is 632. The van der Waals surface area contributed by atoms with Crippen molar-refractivity contribution in [1.29, 1.82) is 0 Å². The minimum absolute atomic E-state index is 0.544. The number of hydrogen-bond donors (Lipinski definition) is 1. The van der Waals surface area contributed by atoms with Gasteiger partial charge in [0, 0.05) is 25.2 Å². The quantitative estimate of drug-likeness (QED) is 0.781. The lowest BCUT2D eigenvalue weighted by Crippen LogP contribution is -2.37. The molecule has 5 nitrogen and oxygen atoms in total. The third kappa shape index (κ3) is 4.90. The van der Waals surface area contributed by atoms with Crippen LogP contribution in [0, 0.1) is 0 Å². The summed E-state index contributed by atoms with van der Waals surface area (Å²) >= 11 is 6.31. The maximum atomic E-state index is 6.31. The summed E-state index contributed by atoms with van der Waals surface area (Å²) in [5, 5.41) is 3.93. The van der Waals surface area contributed by atoms with Gasteiger partial charge in [0.2, 0.25) is 0 Å². The summed E-state index contributed by atoms with van der Waals surface area (Å²) in [4.78, 5) is 10.9. The van der Waals surface area contributed by atoms with Crippen LogP contribution in [-0.4, -0.2) is 47.7 Å². The van der Waals surface area contributed by atoms with Crippen LogP contribution in [0.4, 0.5) is 5.82 Å². The van der Waals surface area contributed by atoms with E-state index in [1.807, 2.05) is 18.2 Å². The van der Waals surface area contributed by atoms with Crippen LogP contribution in [0.5, 0.6) is 0 Å². The number of morpholine rings is 1. The van der Waals surface area contributed by atoms with Crippen molar-refractivity contribution in [1.82, 2.24) is 14.9 Å². The number of hydrogen-bond acceptors (Lipinski definition) is 5. The number of anilines is 1. The summed E-state index contributed by atoms with van der Waals surface area (Å²) in [6, 6.07) is 10.3. The van der Waals surface area contributed by atoms with Gasteiger partial charge in [-0.15, -0.1) is 0 Å². The number of nitrogens with zero attached hydrogens (tertiary/aromatic N) is 3. The van der Waals surface area contributed by atoms with Gasteiger partial charge in [0.05, 0.1) is 13.2 Å². The fourth-order valence-corrected chi connectivity index (χ4v) is 3.08. The second-order valence-electron chi connectivity index (χ2n) is 5.89. The van der Waals surface area contributed by atoms with E-state index in [1.165, 1.54) is 11.9 Å². The lowest BCUT2D eigenvalue weighted by atomic mass is 10.1. The van der Waals surface area contributed by atoms with Crippen molar-refractivity contribution in [3.63, 3.8) is 0 Å². The molecule has 128 valence electrons. The first-order valence-corrected chi connectivity index (χ1v) is 8.78. The maximum absolute atomic E-state index is 6.31. The molecule has 6 heteroatoms. The van der Waals surface area contributed by atoms with Crippen LogP contribution in [0.15, 0.2) is 36.7 Å². The predicted molar refractivity (Wildman–Crippen MR) is 96.4 cm³/mol. The molecular weight excluding hydrogens is 324 g/mol. The van der Waals surface area contributed by atoms with Crippen LogP contribution in [0.3, 0.4) is 0 Å². The van der Waals surface area contributed by atoms with E-state index < -0.39 is 0 Å². The molecule has 1 N–H and O–H groups in total. The molecule has 2 aromatic rings. The van der Waals surface area contributed by atoms with E-state index in [0.717, 1.165) is 63.6 Å². The molecule has 0 aliphatic carbocycles. The molecule has 0 spiro atoms. The zero-order chi connectivity index (χ0) is 16.6. The molecule has 1 aliphatic rings. The molecule has 1 aromatic carbocycles. The van der Waals surface area contributed by atoms with Gasteiger partial charge in [-0.1, -0.05) is 41.9 Å². The summed E-state index contributed by atoms with van der Waals surface area (Å²) in [5.74, 6) is 0.834. The number of aromatic nitrogens is 2. The van der Waals surface area contributed by atoms with Crippen molar-refractivity contribution in [3.8, 4) is 0 Å². The van der Waals surface area contributed by atoms with Gasteiger partial charge in [0.1, 0.15) is 17.3 Å². The first kappa shape index (κ1) is 17.1. The van der Waals surface area contributed by atoms with Gasteiger partial charge in [0.25, 0.3) is 0 Å². The topological polar surface area (TPSA) is 50.3 Å². The Morgan fingerprint density at radius 1 is 1.12 bits per heavy atom. The molecule has 0 atom stereocenters. The summed E-state index contributed by atoms with van der Waals surface area (Å²) in [6.07, 6.45) is 3.42. The van der Waals surface area contributed by atoms with Crippen LogP contribution in [0.25, 0.3) is 0 Å². The van der Waals surface area contributed by atoms with Gasteiger partial charge in [-0.05, 0) is 24.9 Å². The average Bonchev–Trinajstić information content (AvgIpc) is 2.63. The molecule has 0 unspecified atom stereocenters. The molecule has 1 aromatic heterocycles.